The van der Waals surface area contributed by atoms with Gasteiger partial charge in [0.05, 0.1) is 12.6 Å². The number of anilines is 1. The van der Waals surface area contributed by atoms with Crippen molar-refractivity contribution in [2.24, 2.45) is 5.92 Å². The molecule has 2 aromatic rings. The number of rotatable bonds is 4. The molecule has 1 amide bonds. The highest BCUT2D eigenvalue weighted by atomic mass is 19.1. The maximum absolute atomic E-state index is 13.3. The van der Waals surface area contributed by atoms with Crippen LogP contribution in [0.4, 0.5) is 10.1 Å². The molecule has 0 bridgehead atoms. The Hall–Kier alpha value is -3.02. The second kappa shape index (κ2) is 6.84. The number of Topliss-reactive ketones (excluding diaryl/α,β-unsaturated/α-hetero) is 1. The van der Waals surface area contributed by atoms with Crippen molar-refractivity contribution in [3.8, 4) is 0 Å². The van der Waals surface area contributed by atoms with Gasteiger partial charge in [0.15, 0.2) is 0 Å². The minimum absolute atomic E-state index is 0.0955. The van der Waals surface area contributed by atoms with Crippen molar-refractivity contribution >= 4 is 23.3 Å². The number of ketones is 1. The molecule has 25 heavy (non-hydrogen) atoms. The normalized spacial score (nSPS) is 20.0. The molecule has 0 spiro atoms. The molecule has 6 heteroatoms. The number of ether oxygens (including phenoxy) is 1. The van der Waals surface area contributed by atoms with E-state index in [1.165, 1.54) is 29.2 Å². The molecule has 1 fully saturated rings. The van der Waals surface area contributed by atoms with Gasteiger partial charge in [-0.1, -0.05) is 30.3 Å². The van der Waals surface area contributed by atoms with Crippen LogP contribution in [0.1, 0.15) is 18.5 Å². The Balaban J connectivity index is 2.12. The summed E-state index contributed by atoms with van der Waals surface area (Å²) in [6.07, 6.45) is 0. The predicted octanol–water partition coefficient (Wildman–Crippen LogP) is 2.66. The van der Waals surface area contributed by atoms with Crippen molar-refractivity contribution in [1.29, 1.82) is 0 Å². The maximum Gasteiger partial charge on any atom is 0.319 e. The molecule has 1 saturated heterocycles. The van der Waals surface area contributed by atoms with Crippen LogP contribution in [0.5, 0.6) is 0 Å². The number of hydrogen-bond acceptors (Lipinski definition) is 4. The first-order valence-corrected chi connectivity index (χ1v) is 7.89. The van der Waals surface area contributed by atoms with Gasteiger partial charge in [0.1, 0.15) is 11.7 Å². The largest absolute Gasteiger partial charge is 0.465 e. The highest BCUT2D eigenvalue weighted by Crippen LogP contribution is 2.40. The quantitative estimate of drug-likeness (QED) is 0.487. The lowest BCUT2D eigenvalue weighted by atomic mass is 9.92. The summed E-state index contributed by atoms with van der Waals surface area (Å²) in [6.45, 7) is 1.72. The first-order valence-electron chi connectivity index (χ1n) is 7.89. The second-order valence-electron chi connectivity index (χ2n) is 5.60. The number of esters is 1. The molecule has 3 rings (SSSR count). The van der Waals surface area contributed by atoms with E-state index in [1.807, 2.05) is 0 Å². The zero-order chi connectivity index (χ0) is 18.0. The van der Waals surface area contributed by atoms with Gasteiger partial charge >= 0.3 is 5.97 Å². The Labute approximate surface area is 144 Å². The lowest BCUT2D eigenvalue weighted by Crippen LogP contribution is -2.31. The van der Waals surface area contributed by atoms with Crippen molar-refractivity contribution < 1.29 is 23.5 Å². The second-order valence-corrected chi connectivity index (χ2v) is 5.60. The van der Waals surface area contributed by atoms with Gasteiger partial charge in [-0.3, -0.25) is 19.3 Å². The molecular weight excluding hydrogens is 325 g/mol. The van der Waals surface area contributed by atoms with Crippen molar-refractivity contribution in [3.63, 3.8) is 0 Å². The Morgan fingerprint density at radius 1 is 1.08 bits per heavy atom. The van der Waals surface area contributed by atoms with Gasteiger partial charge < -0.3 is 4.74 Å². The Morgan fingerprint density at radius 2 is 1.72 bits per heavy atom. The van der Waals surface area contributed by atoms with Crippen molar-refractivity contribution in [1.82, 2.24) is 0 Å². The van der Waals surface area contributed by atoms with Crippen LogP contribution in [0.3, 0.4) is 0 Å². The van der Waals surface area contributed by atoms with E-state index in [9.17, 15) is 18.8 Å². The zero-order valence-corrected chi connectivity index (χ0v) is 13.5. The number of carbonyl (C=O) groups is 3. The van der Waals surface area contributed by atoms with Crippen LogP contribution in [-0.4, -0.2) is 24.3 Å². The lowest BCUT2D eigenvalue weighted by Gasteiger charge is -2.26. The predicted molar refractivity (Wildman–Crippen MR) is 88.2 cm³/mol. The smallest absolute Gasteiger partial charge is 0.319 e. The summed E-state index contributed by atoms with van der Waals surface area (Å²) in [5, 5.41) is 0. The molecule has 0 aromatic heterocycles. The van der Waals surface area contributed by atoms with Crippen LogP contribution in [-0.2, 0) is 19.1 Å². The maximum atomic E-state index is 13.3. The van der Waals surface area contributed by atoms with Crippen molar-refractivity contribution in [2.75, 3.05) is 11.5 Å². The van der Waals surface area contributed by atoms with Gasteiger partial charge in [0, 0.05) is 5.69 Å². The number of nitrogens with zero attached hydrogens (tertiary/aromatic N) is 1. The van der Waals surface area contributed by atoms with Crippen LogP contribution in [0.15, 0.2) is 54.6 Å². The van der Waals surface area contributed by atoms with Crippen LogP contribution < -0.4 is 4.90 Å². The summed E-state index contributed by atoms with van der Waals surface area (Å²) in [4.78, 5) is 38.7. The molecular formula is C19H16FNO4. The average molecular weight is 341 g/mol. The third kappa shape index (κ3) is 3.03. The summed E-state index contributed by atoms with van der Waals surface area (Å²) in [5.41, 5.74) is 0.976. The molecule has 0 radical (unpaired) electrons. The Bertz CT molecular complexity index is 804. The van der Waals surface area contributed by atoms with Crippen LogP contribution in [0.2, 0.25) is 0 Å². The number of hydrogen-bond donors (Lipinski definition) is 0. The number of halogens is 1. The van der Waals surface area contributed by atoms with E-state index < -0.39 is 35.4 Å². The standard InChI is InChI=1S/C19H16FNO4/c1-2-25-19(24)15-16(12-8-10-13(20)11-9-12)21(18(23)17(15)22)14-6-4-3-5-7-14/h3-11,15-16H,2H2,1H3/t15-,16+/m1/s1. The number of carbonyl (C=O) groups excluding carboxylic acids is 3. The minimum Gasteiger partial charge on any atom is -0.465 e. The van der Waals surface area contributed by atoms with Crippen molar-refractivity contribution in [3.05, 3.63) is 66.0 Å². The fourth-order valence-corrected chi connectivity index (χ4v) is 3.01. The van der Waals surface area contributed by atoms with E-state index in [2.05, 4.69) is 0 Å². The van der Waals surface area contributed by atoms with Gasteiger partial charge in [-0.25, -0.2) is 4.39 Å². The highest BCUT2D eigenvalue weighted by Gasteiger charge is 2.53. The molecule has 0 N–H and O–H groups in total. The summed E-state index contributed by atoms with van der Waals surface area (Å²) in [7, 11) is 0. The molecule has 1 aliphatic rings. The summed E-state index contributed by atoms with van der Waals surface area (Å²) >= 11 is 0. The molecule has 128 valence electrons. The first-order chi connectivity index (χ1) is 12.0. The molecule has 2 atom stereocenters. The monoisotopic (exact) mass is 341 g/mol. The minimum atomic E-state index is -1.28. The van der Waals surface area contributed by atoms with Gasteiger partial charge in [-0.2, -0.15) is 0 Å². The Kier molecular flexibility index (Phi) is 4.61. The zero-order valence-electron chi connectivity index (χ0n) is 13.5. The molecule has 1 heterocycles. The topological polar surface area (TPSA) is 63.7 Å². The molecule has 2 aromatic carbocycles. The molecule has 5 nitrogen and oxygen atoms in total. The number of para-hydroxylation sites is 1. The van der Waals surface area contributed by atoms with E-state index in [-0.39, 0.29) is 6.61 Å². The molecule has 1 aliphatic heterocycles. The Morgan fingerprint density at radius 3 is 2.32 bits per heavy atom. The fraction of sp³-hybridized carbons (Fsp3) is 0.211. The summed E-state index contributed by atoms with van der Waals surface area (Å²) < 4.78 is 18.3. The van der Waals surface area contributed by atoms with Gasteiger partial charge in [-0.15, -0.1) is 0 Å². The van der Waals surface area contributed by atoms with Crippen molar-refractivity contribution in [2.45, 2.75) is 13.0 Å². The highest BCUT2D eigenvalue weighted by molar-refractivity contribution is 6.47. The number of benzene rings is 2. The van der Waals surface area contributed by atoms with Crippen LogP contribution >= 0.6 is 0 Å². The first kappa shape index (κ1) is 16.8. The van der Waals surface area contributed by atoms with Gasteiger partial charge in [0.2, 0.25) is 5.78 Å². The SMILES string of the molecule is CCOC(=O)[C@H]1C(=O)C(=O)N(c2ccccc2)[C@H]1c1ccc(F)cc1. The number of amides is 1. The summed E-state index contributed by atoms with van der Waals surface area (Å²) in [5.74, 6) is -4.08. The van der Waals surface area contributed by atoms with E-state index in [4.69, 9.17) is 4.74 Å². The van der Waals surface area contributed by atoms with E-state index in [0.29, 0.717) is 11.3 Å². The van der Waals surface area contributed by atoms with Crippen LogP contribution in [0, 0.1) is 11.7 Å². The van der Waals surface area contributed by atoms with E-state index in [1.54, 1.807) is 37.3 Å². The van der Waals surface area contributed by atoms with Gasteiger partial charge in [0.25, 0.3) is 5.91 Å². The van der Waals surface area contributed by atoms with E-state index >= 15 is 0 Å². The van der Waals surface area contributed by atoms with Gasteiger partial charge in [-0.05, 0) is 36.8 Å². The third-order valence-electron chi connectivity index (χ3n) is 4.09. The lowest BCUT2D eigenvalue weighted by molar-refractivity contribution is -0.152. The molecule has 0 saturated carbocycles. The van der Waals surface area contributed by atoms with Crippen LogP contribution in [0.25, 0.3) is 0 Å². The summed E-state index contributed by atoms with van der Waals surface area (Å²) in [6, 6.07) is 13.1. The fourth-order valence-electron chi connectivity index (χ4n) is 3.01. The third-order valence-corrected chi connectivity index (χ3v) is 4.09. The molecule has 0 unspecified atom stereocenters. The van der Waals surface area contributed by atoms with E-state index in [0.717, 1.165) is 0 Å². The average Bonchev–Trinajstić information content (AvgIpc) is 2.88. The molecule has 0 aliphatic carbocycles.